The van der Waals surface area contributed by atoms with Gasteiger partial charge < -0.3 is 38.0 Å². The molecular formula is C82H63B3N2O6. The van der Waals surface area contributed by atoms with Crippen LogP contribution in [0.15, 0.2) is 167 Å². The van der Waals surface area contributed by atoms with Crippen LogP contribution >= 0.6 is 0 Å². The minimum Gasteiger partial charge on any atom is -0.466 e. The van der Waals surface area contributed by atoms with Crippen molar-refractivity contribution in [2.24, 2.45) is 0 Å². The summed E-state index contributed by atoms with van der Waals surface area (Å²) in [6.45, 7) is 25.5. The van der Waals surface area contributed by atoms with E-state index in [1.807, 2.05) is 18.2 Å². The number of hydrogen-bond acceptors (Lipinski definition) is 8. The second-order valence-electron chi connectivity index (χ2n) is 27.5. The molecule has 0 amide bonds. The van der Waals surface area contributed by atoms with E-state index in [-0.39, 0.29) is 20.1 Å². The van der Waals surface area contributed by atoms with Gasteiger partial charge in [0, 0.05) is 51.3 Å². The fourth-order valence-corrected chi connectivity index (χ4v) is 17.8. The molecule has 2 aromatic heterocycles. The molecule has 8 heterocycles. The average molecular weight is 1200 g/mol. The van der Waals surface area contributed by atoms with Gasteiger partial charge in [-0.3, -0.25) is 0 Å². The molecule has 0 aliphatic carbocycles. The lowest BCUT2D eigenvalue weighted by molar-refractivity contribution is 0.465. The summed E-state index contributed by atoms with van der Waals surface area (Å²) in [5.41, 5.74) is 36.8. The molecule has 93 heavy (non-hydrogen) atoms. The van der Waals surface area contributed by atoms with Gasteiger partial charge in [-0.05, 0) is 243 Å². The number of anilines is 5. The number of aryl methyl sites for hydroxylation is 12. The highest BCUT2D eigenvalue weighted by Crippen LogP contribution is 2.50. The number of ether oxygens (including phenoxy) is 4. The molecule has 0 atom stereocenters. The smallest absolute Gasteiger partial charge is 0.301 e. The van der Waals surface area contributed by atoms with Crippen LogP contribution in [0.1, 0.15) is 66.8 Å². The molecule has 8 nitrogen and oxygen atoms in total. The standard InChI is InChI=1S/C82H63B3N2O6/c1-39-21-43(5)72(44(6)22-39)51-29-61-75-68(31-51)90-79-54-17-13-15-19-64(54)92-81(79)84(75)56-35-58-66(37-60(56)86-61)88-70-33-53(74-47(9)25-41(3)26-48(74)10)34-71-77(70)83(58)59-36-57-62(38-67(59)89-71)87(78-49(11)27-42(4)28-50(78)12)63-30-52(73-45(7)23-40(2)24-46(73)8)32-69-76(63)85(57)82-80(91-69)55-18-14-16-20-65(55)93-82/h13-38,86H,1-12H3. The molecule has 0 saturated carbocycles. The molecule has 6 aliphatic rings. The summed E-state index contributed by atoms with van der Waals surface area (Å²) in [5, 5.41) is 5.89. The molecule has 1 N–H and O–H groups in total. The van der Waals surface area contributed by atoms with E-state index in [4.69, 9.17) is 27.8 Å². The minimum absolute atomic E-state index is 0.323. The zero-order valence-electron chi connectivity index (χ0n) is 54.1. The highest BCUT2D eigenvalue weighted by molar-refractivity contribution is 7.02. The summed E-state index contributed by atoms with van der Waals surface area (Å²) in [6, 6.07) is 58.0. The van der Waals surface area contributed by atoms with Crippen LogP contribution in [0.3, 0.4) is 0 Å². The number of hydrogen-bond donors (Lipinski definition) is 1. The highest BCUT2D eigenvalue weighted by atomic mass is 16.5. The van der Waals surface area contributed by atoms with Gasteiger partial charge in [-0.2, -0.15) is 0 Å². The summed E-state index contributed by atoms with van der Waals surface area (Å²) in [5.74, 6) is 6.19. The first kappa shape index (κ1) is 54.2. The quantitative estimate of drug-likeness (QED) is 0.175. The van der Waals surface area contributed by atoms with E-state index in [0.717, 1.165) is 163 Å². The third kappa shape index (κ3) is 7.65. The molecule has 0 radical (unpaired) electrons. The second-order valence-corrected chi connectivity index (χ2v) is 27.5. The SMILES string of the molecule is Cc1cc(C)c(-c2cc3c4c(c2)Oc2c(oc5ccccc25)B4c2cc4c(cc2N3)Oc2cc(-c3c(C)cc(C)cc3C)cc3c2B4c2cc4c(cc2O3)N(c2c(C)cc(C)cc2C)c2cc(-c3c(C)cc(C)cc3C)cc3c2B4c2oc4ccccc4c2O3)c(C)c1. The Kier molecular flexibility index (Phi) is 11.1. The van der Waals surface area contributed by atoms with E-state index in [1.165, 1.54) is 83.5 Å². The fourth-order valence-electron chi connectivity index (χ4n) is 17.8. The van der Waals surface area contributed by atoms with Gasteiger partial charge in [0.05, 0.1) is 16.5 Å². The van der Waals surface area contributed by atoms with E-state index in [1.54, 1.807) is 0 Å². The third-order valence-electron chi connectivity index (χ3n) is 20.9. The summed E-state index contributed by atoms with van der Waals surface area (Å²) in [7, 11) is 0. The van der Waals surface area contributed by atoms with Crippen LogP contribution in [0.4, 0.5) is 28.4 Å². The lowest BCUT2D eigenvalue weighted by Gasteiger charge is -2.42. The zero-order chi connectivity index (χ0) is 63.0. The number of benzene rings is 11. The van der Waals surface area contributed by atoms with Crippen LogP contribution in [-0.4, -0.2) is 20.1 Å². The summed E-state index contributed by atoms with van der Waals surface area (Å²) in [6.07, 6.45) is 0. The third-order valence-corrected chi connectivity index (χ3v) is 20.9. The van der Waals surface area contributed by atoms with Gasteiger partial charge in [-0.15, -0.1) is 0 Å². The predicted molar refractivity (Wildman–Crippen MR) is 384 cm³/mol. The fraction of sp³-hybridized carbons (Fsp3) is 0.146. The van der Waals surface area contributed by atoms with Crippen molar-refractivity contribution >= 4 is 120 Å². The maximum atomic E-state index is 7.66. The van der Waals surface area contributed by atoms with Crippen molar-refractivity contribution in [3.63, 3.8) is 0 Å². The van der Waals surface area contributed by atoms with Gasteiger partial charge in [0.15, 0.2) is 11.5 Å². The van der Waals surface area contributed by atoms with Gasteiger partial charge >= 0.3 is 13.4 Å². The van der Waals surface area contributed by atoms with Crippen LogP contribution in [0.25, 0.3) is 55.3 Å². The number of rotatable bonds is 4. The van der Waals surface area contributed by atoms with Crippen LogP contribution in [0.5, 0.6) is 46.0 Å². The summed E-state index contributed by atoms with van der Waals surface area (Å²) >= 11 is 0. The number of para-hydroxylation sites is 2. The van der Waals surface area contributed by atoms with Crippen molar-refractivity contribution in [1.82, 2.24) is 0 Å². The Bertz CT molecular complexity index is 5540. The second kappa shape index (κ2) is 19.0. The molecule has 0 fully saturated rings. The van der Waals surface area contributed by atoms with Crippen LogP contribution in [-0.2, 0) is 0 Å². The molecule has 19 rings (SSSR count). The number of nitrogens with zero attached hydrogens (tertiary/aromatic N) is 1. The Balaban J connectivity index is 0.885. The molecule has 0 unspecified atom stereocenters. The van der Waals surface area contributed by atoms with E-state index < -0.39 is 0 Å². The highest BCUT2D eigenvalue weighted by Gasteiger charge is 2.51. The van der Waals surface area contributed by atoms with Gasteiger partial charge in [0.1, 0.15) is 57.0 Å². The first-order valence-corrected chi connectivity index (χ1v) is 32.5. The Hall–Kier alpha value is -10.5. The topological polar surface area (TPSA) is 78.5 Å². The average Bonchev–Trinajstić information content (AvgIpc) is 1.68. The van der Waals surface area contributed by atoms with E-state index >= 15 is 0 Å². The summed E-state index contributed by atoms with van der Waals surface area (Å²) < 4.78 is 44.0. The van der Waals surface area contributed by atoms with E-state index in [9.17, 15) is 0 Å². The van der Waals surface area contributed by atoms with Crippen LogP contribution < -0.4 is 78.7 Å². The van der Waals surface area contributed by atoms with Gasteiger partial charge in [-0.1, -0.05) is 107 Å². The predicted octanol–water partition coefficient (Wildman–Crippen LogP) is 15.7. The van der Waals surface area contributed by atoms with Crippen molar-refractivity contribution in [1.29, 1.82) is 0 Å². The Morgan fingerprint density at radius 3 is 1.26 bits per heavy atom. The van der Waals surface area contributed by atoms with E-state index in [0.29, 0.717) is 0 Å². The van der Waals surface area contributed by atoms with Crippen molar-refractivity contribution in [2.45, 2.75) is 83.1 Å². The van der Waals surface area contributed by atoms with Crippen molar-refractivity contribution in [3.8, 4) is 79.4 Å². The molecule has 0 saturated heterocycles. The summed E-state index contributed by atoms with van der Waals surface area (Å²) in [4.78, 5) is 2.51. The van der Waals surface area contributed by atoms with Crippen molar-refractivity contribution < 1.29 is 27.8 Å². The Labute approximate surface area is 542 Å². The zero-order valence-corrected chi connectivity index (χ0v) is 54.1. The molecule has 0 bridgehead atoms. The largest absolute Gasteiger partial charge is 0.466 e. The molecule has 6 aliphatic heterocycles. The minimum atomic E-state index is -0.369. The number of fused-ring (bicyclic) bond motifs is 16. The molecule has 11 aromatic carbocycles. The normalized spacial score (nSPS) is 13.7. The molecule has 446 valence electrons. The number of furan rings is 2. The monoisotopic (exact) mass is 1200 g/mol. The van der Waals surface area contributed by atoms with Gasteiger partial charge in [0.25, 0.3) is 6.71 Å². The molecule has 11 heteroatoms. The van der Waals surface area contributed by atoms with Crippen LogP contribution in [0.2, 0.25) is 0 Å². The van der Waals surface area contributed by atoms with Crippen molar-refractivity contribution in [2.75, 3.05) is 10.2 Å². The van der Waals surface area contributed by atoms with Gasteiger partial charge in [-0.25, -0.2) is 0 Å². The maximum absolute atomic E-state index is 7.66. The first-order valence-electron chi connectivity index (χ1n) is 32.5. The molecular weight excluding hydrogens is 1140 g/mol. The Morgan fingerprint density at radius 1 is 0.323 bits per heavy atom. The van der Waals surface area contributed by atoms with Gasteiger partial charge in [0.2, 0.25) is 0 Å². The Morgan fingerprint density at radius 2 is 0.742 bits per heavy atom. The van der Waals surface area contributed by atoms with Crippen molar-refractivity contribution in [3.05, 3.63) is 224 Å². The molecule has 13 aromatic rings. The lowest BCUT2D eigenvalue weighted by Crippen LogP contribution is -2.64. The first-order chi connectivity index (χ1) is 45.0. The maximum Gasteiger partial charge on any atom is 0.301 e. The molecule has 0 spiro atoms. The van der Waals surface area contributed by atoms with E-state index in [2.05, 4.69) is 233 Å². The lowest BCUT2D eigenvalue weighted by atomic mass is 9.31. The van der Waals surface area contributed by atoms with Crippen LogP contribution in [0, 0.1) is 83.1 Å². The number of nitrogens with one attached hydrogen (secondary N) is 1.